The Labute approximate surface area is 181 Å². The molecule has 1 amide bonds. The standard InChI is InChI=1S/C24H30FN3O3/c1-14-8-7-9-15(21(14)25)22(29)27-17-13-19-18(12-16(17)24(4,5)31)26-20(28(19)6)10-11-23(2,3)30/h7-9,12-13,30-31H,10-11H2,1-6H3,(H,27,29). The summed E-state index contributed by atoms with van der Waals surface area (Å²) in [5.74, 6) is -0.372. The van der Waals surface area contributed by atoms with Crippen LogP contribution in [0.4, 0.5) is 10.1 Å². The Hall–Kier alpha value is -2.77. The molecule has 0 saturated heterocycles. The predicted molar refractivity (Wildman–Crippen MR) is 120 cm³/mol. The highest BCUT2D eigenvalue weighted by molar-refractivity contribution is 6.06. The molecule has 0 fully saturated rings. The highest BCUT2D eigenvalue weighted by Gasteiger charge is 2.25. The van der Waals surface area contributed by atoms with Crippen molar-refractivity contribution in [3.8, 4) is 0 Å². The smallest absolute Gasteiger partial charge is 0.258 e. The number of nitrogens with zero attached hydrogens (tertiary/aromatic N) is 2. The number of aryl methyl sites for hydroxylation is 3. The van der Waals surface area contributed by atoms with Crippen LogP contribution in [0.15, 0.2) is 30.3 Å². The van der Waals surface area contributed by atoms with Crippen LogP contribution >= 0.6 is 0 Å². The number of aliphatic hydroxyl groups is 2. The highest BCUT2D eigenvalue weighted by Crippen LogP contribution is 2.33. The van der Waals surface area contributed by atoms with Crippen molar-refractivity contribution in [2.75, 3.05) is 5.32 Å². The third-order valence-electron chi connectivity index (χ3n) is 5.42. The third kappa shape index (κ3) is 4.94. The zero-order valence-corrected chi connectivity index (χ0v) is 18.9. The fourth-order valence-corrected chi connectivity index (χ4v) is 3.55. The molecule has 0 radical (unpaired) electrons. The van der Waals surface area contributed by atoms with Gasteiger partial charge in [0.05, 0.1) is 27.8 Å². The Kier molecular flexibility index (Phi) is 5.95. The fourth-order valence-electron chi connectivity index (χ4n) is 3.55. The van der Waals surface area contributed by atoms with E-state index in [1.807, 2.05) is 11.6 Å². The van der Waals surface area contributed by atoms with Crippen LogP contribution in [-0.4, -0.2) is 31.3 Å². The summed E-state index contributed by atoms with van der Waals surface area (Å²) in [5, 5.41) is 23.5. The number of rotatable bonds is 6. The van der Waals surface area contributed by atoms with Crippen LogP contribution in [0.25, 0.3) is 11.0 Å². The second kappa shape index (κ2) is 8.05. The number of benzene rings is 2. The van der Waals surface area contributed by atoms with Gasteiger partial charge in [0.25, 0.3) is 5.91 Å². The first kappa shape index (κ1) is 22.9. The highest BCUT2D eigenvalue weighted by atomic mass is 19.1. The number of anilines is 1. The maximum absolute atomic E-state index is 14.4. The maximum Gasteiger partial charge on any atom is 0.258 e. The van der Waals surface area contributed by atoms with Gasteiger partial charge >= 0.3 is 0 Å². The van der Waals surface area contributed by atoms with Gasteiger partial charge in [-0.05, 0) is 64.8 Å². The zero-order valence-electron chi connectivity index (χ0n) is 18.9. The molecule has 1 heterocycles. The van der Waals surface area contributed by atoms with Gasteiger partial charge in [0.1, 0.15) is 11.6 Å². The Bertz CT molecular complexity index is 1140. The van der Waals surface area contributed by atoms with Crippen LogP contribution in [0.5, 0.6) is 0 Å². The number of imidazole rings is 1. The van der Waals surface area contributed by atoms with E-state index in [1.54, 1.807) is 58.9 Å². The molecule has 0 bridgehead atoms. The minimum Gasteiger partial charge on any atom is -0.390 e. The molecule has 0 unspecified atom stereocenters. The van der Waals surface area contributed by atoms with E-state index in [-0.39, 0.29) is 5.56 Å². The van der Waals surface area contributed by atoms with Crippen molar-refractivity contribution in [3.05, 3.63) is 58.7 Å². The van der Waals surface area contributed by atoms with Gasteiger partial charge in [-0.15, -0.1) is 0 Å². The molecule has 166 valence electrons. The topological polar surface area (TPSA) is 87.4 Å². The van der Waals surface area contributed by atoms with Gasteiger partial charge in [0.15, 0.2) is 0 Å². The number of nitrogens with one attached hydrogen (secondary N) is 1. The molecule has 0 aliphatic heterocycles. The van der Waals surface area contributed by atoms with Gasteiger partial charge in [-0.2, -0.15) is 0 Å². The lowest BCUT2D eigenvalue weighted by atomic mass is 9.95. The van der Waals surface area contributed by atoms with Crippen molar-refractivity contribution in [1.82, 2.24) is 9.55 Å². The molecule has 3 rings (SSSR count). The van der Waals surface area contributed by atoms with Crippen LogP contribution in [0.3, 0.4) is 0 Å². The first-order valence-corrected chi connectivity index (χ1v) is 10.3. The maximum atomic E-state index is 14.4. The normalized spacial score (nSPS) is 12.4. The van der Waals surface area contributed by atoms with Gasteiger partial charge in [0, 0.05) is 24.7 Å². The van der Waals surface area contributed by atoms with Gasteiger partial charge in [0.2, 0.25) is 0 Å². The van der Waals surface area contributed by atoms with Crippen molar-refractivity contribution in [2.45, 2.75) is 58.7 Å². The van der Waals surface area contributed by atoms with Crippen LogP contribution in [0.2, 0.25) is 0 Å². The summed E-state index contributed by atoms with van der Waals surface area (Å²) in [6.45, 7) is 8.34. The number of hydrogen-bond donors (Lipinski definition) is 3. The van der Waals surface area contributed by atoms with Crippen molar-refractivity contribution >= 4 is 22.6 Å². The third-order valence-corrected chi connectivity index (χ3v) is 5.42. The molecule has 0 saturated carbocycles. The van der Waals surface area contributed by atoms with Crippen molar-refractivity contribution in [2.24, 2.45) is 7.05 Å². The van der Waals surface area contributed by atoms with E-state index in [2.05, 4.69) is 10.3 Å². The van der Waals surface area contributed by atoms with Crippen LogP contribution in [-0.2, 0) is 19.1 Å². The average molecular weight is 428 g/mol. The minimum absolute atomic E-state index is 0.0577. The molecule has 2 aromatic carbocycles. The molecule has 0 aliphatic carbocycles. The second-order valence-electron chi connectivity index (χ2n) is 9.24. The lowest BCUT2D eigenvalue weighted by Crippen LogP contribution is -2.21. The molecule has 1 aromatic heterocycles. The number of amides is 1. The largest absolute Gasteiger partial charge is 0.390 e. The van der Waals surface area contributed by atoms with Crippen molar-refractivity contribution in [3.63, 3.8) is 0 Å². The summed E-state index contributed by atoms with van der Waals surface area (Å²) in [6.07, 6.45) is 1.11. The van der Waals surface area contributed by atoms with E-state index in [0.29, 0.717) is 35.2 Å². The molecule has 0 atom stereocenters. The molecule has 31 heavy (non-hydrogen) atoms. The first-order chi connectivity index (χ1) is 14.3. The van der Waals surface area contributed by atoms with E-state index in [0.717, 1.165) is 11.3 Å². The SMILES string of the molecule is Cc1cccc(C(=O)Nc2cc3c(cc2C(C)(C)O)nc(CCC(C)(C)O)n3C)c1F. The van der Waals surface area contributed by atoms with E-state index in [9.17, 15) is 19.4 Å². The van der Waals surface area contributed by atoms with Crippen molar-refractivity contribution < 1.29 is 19.4 Å². The molecule has 3 aromatic rings. The molecular weight excluding hydrogens is 397 g/mol. The Morgan fingerprint density at radius 2 is 1.87 bits per heavy atom. The quantitative estimate of drug-likeness (QED) is 0.550. The lowest BCUT2D eigenvalue weighted by molar-refractivity contribution is 0.0706. The summed E-state index contributed by atoms with van der Waals surface area (Å²) in [7, 11) is 1.87. The van der Waals surface area contributed by atoms with Gasteiger partial charge < -0.3 is 20.1 Å². The summed E-state index contributed by atoms with van der Waals surface area (Å²) in [5.41, 5.74) is 0.562. The second-order valence-corrected chi connectivity index (χ2v) is 9.24. The van der Waals surface area contributed by atoms with E-state index in [1.165, 1.54) is 6.07 Å². The lowest BCUT2D eigenvalue weighted by Gasteiger charge is -2.22. The number of halogens is 1. The number of carbonyl (C=O) groups excluding carboxylic acids is 1. The number of fused-ring (bicyclic) bond motifs is 1. The molecule has 0 aliphatic rings. The molecular formula is C24H30FN3O3. The van der Waals surface area contributed by atoms with Crippen LogP contribution in [0, 0.1) is 12.7 Å². The van der Waals surface area contributed by atoms with Gasteiger partial charge in [-0.3, -0.25) is 4.79 Å². The van der Waals surface area contributed by atoms with E-state index < -0.39 is 22.9 Å². The van der Waals surface area contributed by atoms with E-state index in [4.69, 9.17) is 0 Å². The minimum atomic E-state index is -1.26. The molecule has 3 N–H and O–H groups in total. The van der Waals surface area contributed by atoms with Gasteiger partial charge in [-0.25, -0.2) is 9.37 Å². The summed E-state index contributed by atoms with van der Waals surface area (Å²) < 4.78 is 16.3. The fraction of sp³-hybridized carbons (Fsp3) is 0.417. The number of aromatic nitrogens is 2. The average Bonchev–Trinajstić information content (AvgIpc) is 2.95. The molecule has 6 nitrogen and oxygen atoms in total. The first-order valence-electron chi connectivity index (χ1n) is 10.3. The Morgan fingerprint density at radius 1 is 1.19 bits per heavy atom. The summed E-state index contributed by atoms with van der Waals surface area (Å²) in [4.78, 5) is 17.5. The van der Waals surface area contributed by atoms with Crippen LogP contribution in [0.1, 0.15) is 61.4 Å². The monoisotopic (exact) mass is 427 g/mol. The molecule has 0 spiro atoms. The van der Waals surface area contributed by atoms with E-state index >= 15 is 0 Å². The number of hydrogen-bond acceptors (Lipinski definition) is 4. The predicted octanol–water partition coefficient (Wildman–Crippen LogP) is 4.20. The Morgan fingerprint density at radius 3 is 2.48 bits per heavy atom. The van der Waals surface area contributed by atoms with Crippen molar-refractivity contribution in [1.29, 1.82) is 0 Å². The zero-order chi connectivity index (χ0) is 23.1. The van der Waals surface area contributed by atoms with Gasteiger partial charge in [-0.1, -0.05) is 12.1 Å². The number of carbonyl (C=O) groups is 1. The Balaban J connectivity index is 2.06. The van der Waals surface area contributed by atoms with Crippen LogP contribution < -0.4 is 5.32 Å². The molecule has 7 heteroatoms. The summed E-state index contributed by atoms with van der Waals surface area (Å²) in [6, 6.07) is 8.15. The summed E-state index contributed by atoms with van der Waals surface area (Å²) >= 11 is 0.